The normalized spacial score (nSPS) is 22.5. The summed E-state index contributed by atoms with van der Waals surface area (Å²) in [5, 5.41) is 2.97. The molecule has 1 atom stereocenters. The van der Waals surface area contributed by atoms with Gasteiger partial charge in [0.05, 0.1) is 11.8 Å². The molecule has 2 rings (SSSR count). The molecule has 2 nitrogen and oxygen atoms in total. The zero-order valence-electron chi connectivity index (χ0n) is 7.19. The monoisotopic (exact) mass is 193 g/mol. The molecule has 0 radical (unpaired) electrons. The smallest absolute Gasteiger partial charge is 0.230 e. The highest BCUT2D eigenvalue weighted by Gasteiger charge is 2.19. The number of amides is 1. The molecule has 1 aliphatic rings. The summed E-state index contributed by atoms with van der Waals surface area (Å²) >= 11 is 1.69. The van der Waals surface area contributed by atoms with Gasteiger partial charge in [0, 0.05) is 5.75 Å². The molecule has 1 aromatic rings. The van der Waals surface area contributed by atoms with Crippen LogP contribution in [0.4, 0.5) is 0 Å². The second-order valence-corrected chi connectivity index (χ2v) is 4.08. The van der Waals surface area contributed by atoms with Gasteiger partial charge in [-0.25, -0.2) is 0 Å². The summed E-state index contributed by atoms with van der Waals surface area (Å²) in [5.74, 6) is 1.73. The van der Waals surface area contributed by atoms with Crippen molar-refractivity contribution in [2.45, 2.75) is 6.04 Å². The van der Waals surface area contributed by atoms with Crippen LogP contribution in [0.5, 0.6) is 0 Å². The van der Waals surface area contributed by atoms with E-state index in [2.05, 4.69) is 17.4 Å². The van der Waals surface area contributed by atoms with E-state index in [0.29, 0.717) is 5.75 Å². The minimum absolute atomic E-state index is 0.144. The third-order valence-corrected chi connectivity index (χ3v) is 3.09. The van der Waals surface area contributed by atoms with E-state index in [1.165, 1.54) is 5.56 Å². The van der Waals surface area contributed by atoms with Gasteiger partial charge in [0.15, 0.2) is 0 Å². The van der Waals surface area contributed by atoms with E-state index in [1.54, 1.807) is 11.8 Å². The van der Waals surface area contributed by atoms with E-state index < -0.39 is 0 Å². The molecule has 13 heavy (non-hydrogen) atoms. The average molecular weight is 193 g/mol. The fourth-order valence-electron chi connectivity index (χ4n) is 1.41. The Morgan fingerprint density at radius 3 is 2.77 bits per heavy atom. The third-order valence-electron chi connectivity index (χ3n) is 2.05. The Labute approximate surface area is 81.7 Å². The number of carbonyl (C=O) groups excluding carboxylic acids is 1. The lowest BCUT2D eigenvalue weighted by atomic mass is 10.1. The number of nitrogens with one attached hydrogen (secondary N) is 1. The molecule has 3 heteroatoms. The van der Waals surface area contributed by atoms with Gasteiger partial charge in [-0.1, -0.05) is 30.3 Å². The summed E-state index contributed by atoms with van der Waals surface area (Å²) < 4.78 is 0. The standard InChI is InChI=1S/C10H11NOS/c12-10-7-13-6-9(11-10)8-4-2-1-3-5-8/h1-5,9H,6-7H2,(H,11,12)/t9-/m0/s1. The fraction of sp³-hybridized carbons (Fsp3) is 0.300. The number of carbonyl (C=O) groups is 1. The van der Waals surface area contributed by atoms with E-state index in [4.69, 9.17) is 0 Å². The van der Waals surface area contributed by atoms with Gasteiger partial charge >= 0.3 is 0 Å². The Morgan fingerprint density at radius 2 is 2.08 bits per heavy atom. The van der Waals surface area contributed by atoms with Crippen LogP contribution in [0.2, 0.25) is 0 Å². The van der Waals surface area contributed by atoms with Crippen LogP contribution in [0.15, 0.2) is 30.3 Å². The number of benzene rings is 1. The van der Waals surface area contributed by atoms with Crippen molar-refractivity contribution in [3.63, 3.8) is 0 Å². The van der Waals surface area contributed by atoms with Crippen molar-refractivity contribution in [1.82, 2.24) is 5.32 Å². The quantitative estimate of drug-likeness (QED) is 0.734. The molecule has 0 aromatic heterocycles. The van der Waals surface area contributed by atoms with Crippen molar-refractivity contribution >= 4 is 17.7 Å². The lowest BCUT2D eigenvalue weighted by Gasteiger charge is -2.22. The molecule has 1 amide bonds. The zero-order chi connectivity index (χ0) is 9.10. The molecule has 1 heterocycles. The van der Waals surface area contributed by atoms with Gasteiger partial charge < -0.3 is 5.32 Å². The summed E-state index contributed by atoms with van der Waals surface area (Å²) in [5.41, 5.74) is 1.20. The molecule has 1 N–H and O–H groups in total. The van der Waals surface area contributed by atoms with Crippen molar-refractivity contribution in [2.24, 2.45) is 0 Å². The van der Waals surface area contributed by atoms with Gasteiger partial charge in [0.2, 0.25) is 5.91 Å². The highest BCUT2D eigenvalue weighted by molar-refractivity contribution is 8.00. The molecule has 1 fully saturated rings. The van der Waals surface area contributed by atoms with Gasteiger partial charge in [-0.2, -0.15) is 0 Å². The van der Waals surface area contributed by atoms with Crippen molar-refractivity contribution < 1.29 is 4.79 Å². The first-order chi connectivity index (χ1) is 6.36. The van der Waals surface area contributed by atoms with Crippen molar-refractivity contribution in [3.8, 4) is 0 Å². The Hall–Kier alpha value is -0.960. The van der Waals surface area contributed by atoms with Crippen LogP contribution in [-0.2, 0) is 4.79 Å². The first-order valence-corrected chi connectivity index (χ1v) is 5.44. The summed E-state index contributed by atoms with van der Waals surface area (Å²) in [6.45, 7) is 0. The van der Waals surface area contributed by atoms with Gasteiger partial charge in [0.25, 0.3) is 0 Å². The predicted octanol–water partition coefficient (Wildman–Crippen LogP) is 1.59. The molecule has 0 bridgehead atoms. The maximum absolute atomic E-state index is 11.1. The molecule has 68 valence electrons. The molecule has 0 unspecified atom stereocenters. The lowest BCUT2D eigenvalue weighted by Crippen LogP contribution is -2.35. The predicted molar refractivity (Wildman–Crippen MR) is 54.7 cm³/mol. The van der Waals surface area contributed by atoms with Gasteiger partial charge in [0.1, 0.15) is 0 Å². The lowest BCUT2D eigenvalue weighted by molar-refractivity contribution is -0.119. The first-order valence-electron chi connectivity index (χ1n) is 4.28. The first kappa shape index (κ1) is 8.63. The SMILES string of the molecule is O=C1CSC[C@@H](c2ccccc2)N1. The summed E-state index contributed by atoms with van der Waals surface area (Å²) in [7, 11) is 0. The molecule has 1 aliphatic heterocycles. The summed E-state index contributed by atoms with van der Waals surface area (Å²) in [6.07, 6.45) is 0. The topological polar surface area (TPSA) is 29.1 Å². The van der Waals surface area contributed by atoms with Crippen LogP contribution in [-0.4, -0.2) is 17.4 Å². The number of thioether (sulfide) groups is 1. The highest BCUT2D eigenvalue weighted by Crippen LogP contribution is 2.21. The maximum Gasteiger partial charge on any atom is 0.230 e. The molecule has 0 spiro atoms. The van der Waals surface area contributed by atoms with E-state index in [-0.39, 0.29) is 11.9 Å². The summed E-state index contributed by atoms with van der Waals surface area (Å²) in [4.78, 5) is 11.1. The van der Waals surface area contributed by atoms with Crippen LogP contribution in [0.1, 0.15) is 11.6 Å². The minimum Gasteiger partial charge on any atom is -0.348 e. The van der Waals surface area contributed by atoms with Gasteiger partial charge in [-0.15, -0.1) is 11.8 Å². The Kier molecular flexibility index (Phi) is 2.54. The summed E-state index contributed by atoms with van der Waals surface area (Å²) in [6, 6.07) is 10.3. The zero-order valence-corrected chi connectivity index (χ0v) is 8.01. The Balaban J connectivity index is 2.13. The van der Waals surface area contributed by atoms with Crippen LogP contribution < -0.4 is 5.32 Å². The van der Waals surface area contributed by atoms with Crippen LogP contribution in [0.25, 0.3) is 0 Å². The van der Waals surface area contributed by atoms with E-state index in [1.807, 2.05) is 18.2 Å². The van der Waals surface area contributed by atoms with Gasteiger partial charge in [-0.05, 0) is 5.56 Å². The molecule has 0 saturated carbocycles. The molecular weight excluding hydrogens is 182 g/mol. The number of hydrogen-bond acceptors (Lipinski definition) is 2. The molecular formula is C10H11NOS. The van der Waals surface area contributed by atoms with E-state index in [9.17, 15) is 4.79 Å². The van der Waals surface area contributed by atoms with Crippen LogP contribution >= 0.6 is 11.8 Å². The minimum atomic E-state index is 0.144. The molecule has 1 aromatic carbocycles. The van der Waals surface area contributed by atoms with Crippen molar-refractivity contribution in [3.05, 3.63) is 35.9 Å². The maximum atomic E-state index is 11.1. The number of rotatable bonds is 1. The highest BCUT2D eigenvalue weighted by atomic mass is 32.2. The second kappa shape index (κ2) is 3.83. The molecule has 1 saturated heterocycles. The Bertz CT molecular complexity index is 299. The van der Waals surface area contributed by atoms with Crippen molar-refractivity contribution in [1.29, 1.82) is 0 Å². The third kappa shape index (κ3) is 2.04. The van der Waals surface area contributed by atoms with Gasteiger partial charge in [-0.3, -0.25) is 4.79 Å². The van der Waals surface area contributed by atoms with Crippen LogP contribution in [0, 0.1) is 0 Å². The van der Waals surface area contributed by atoms with Crippen LogP contribution in [0.3, 0.4) is 0 Å². The second-order valence-electron chi connectivity index (χ2n) is 3.05. The van der Waals surface area contributed by atoms with E-state index >= 15 is 0 Å². The largest absolute Gasteiger partial charge is 0.348 e. The molecule has 0 aliphatic carbocycles. The average Bonchev–Trinajstić information content (AvgIpc) is 2.19. The van der Waals surface area contributed by atoms with E-state index in [0.717, 1.165) is 5.75 Å². The fourth-order valence-corrected chi connectivity index (χ4v) is 2.31. The number of hydrogen-bond donors (Lipinski definition) is 1. The van der Waals surface area contributed by atoms with Crippen molar-refractivity contribution in [2.75, 3.05) is 11.5 Å². The Morgan fingerprint density at radius 1 is 1.31 bits per heavy atom.